The summed E-state index contributed by atoms with van der Waals surface area (Å²) >= 11 is 0. The summed E-state index contributed by atoms with van der Waals surface area (Å²) in [4.78, 5) is 29.5. The monoisotopic (exact) mass is 367 g/mol. The molecule has 5 nitrogen and oxygen atoms in total. The second-order valence-corrected chi connectivity index (χ2v) is 7.63. The van der Waals surface area contributed by atoms with Crippen molar-refractivity contribution in [1.29, 1.82) is 0 Å². The molecular formula is C22H29N3O2. The molecule has 1 saturated heterocycles. The largest absolute Gasteiger partial charge is 0.349 e. The van der Waals surface area contributed by atoms with Crippen molar-refractivity contribution in [2.75, 3.05) is 19.6 Å². The minimum Gasteiger partial charge on any atom is -0.349 e. The molecule has 0 radical (unpaired) electrons. The number of aromatic nitrogens is 1. The molecule has 1 fully saturated rings. The van der Waals surface area contributed by atoms with E-state index in [-0.39, 0.29) is 23.4 Å². The fourth-order valence-electron chi connectivity index (χ4n) is 3.64. The second-order valence-electron chi connectivity index (χ2n) is 7.63. The predicted molar refractivity (Wildman–Crippen MR) is 108 cm³/mol. The summed E-state index contributed by atoms with van der Waals surface area (Å²) in [5.74, 6) is 0.0113. The first-order valence-corrected chi connectivity index (χ1v) is 9.83. The number of pyridine rings is 1. The van der Waals surface area contributed by atoms with Crippen LogP contribution >= 0.6 is 0 Å². The maximum absolute atomic E-state index is 12.7. The highest BCUT2D eigenvalue weighted by Crippen LogP contribution is 2.17. The van der Waals surface area contributed by atoms with Crippen LogP contribution in [0.3, 0.4) is 0 Å². The molecular weight excluding hydrogens is 338 g/mol. The number of hydrogen-bond donors (Lipinski definition) is 2. The molecule has 27 heavy (non-hydrogen) atoms. The maximum Gasteiger partial charge on any atom is 0.253 e. The third kappa shape index (κ3) is 5.30. The van der Waals surface area contributed by atoms with Crippen molar-refractivity contribution in [2.45, 2.75) is 45.1 Å². The van der Waals surface area contributed by atoms with Gasteiger partial charge in [-0.3, -0.25) is 9.59 Å². The number of amides is 1. The molecule has 0 unspecified atom stereocenters. The first-order chi connectivity index (χ1) is 13.0. The second kappa shape index (κ2) is 9.00. The molecule has 0 bridgehead atoms. The van der Waals surface area contributed by atoms with Gasteiger partial charge in [0.05, 0.1) is 5.56 Å². The van der Waals surface area contributed by atoms with E-state index in [4.69, 9.17) is 0 Å². The number of nitrogens with one attached hydrogen (secondary N) is 2. The lowest BCUT2D eigenvalue weighted by molar-refractivity contribution is 0.0909. The first kappa shape index (κ1) is 19.4. The minimum atomic E-state index is -0.165. The molecule has 2 heterocycles. The normalized spacial score (nSPS) is 15.8. The maximum atomic E-state index is 12.7. The van der Waals surface area contributed by atoms with E-state index in [2.05, 4.69) is 39.5 Å². The molecule has 0 aliphatic carbocycles. The highest BCUT2D eigenvalue weighted by atomic mass is 16.2. The van der Waals surface area contributed by atoms with E-state index in [1.807, 2.05) is 19.9 Å². The summed E-state index contributed by atoms with van der Waals surface area (Å²) in [6.07, 6.45) is 2.98. The van der Waals surface area contributed by atoms with Crippen molar-refractivity contribution < 1.29 is 4.79 Å². The van der Waals surface area contributed by atoms with Crippen LogP contribution in [-0.4, -0.2) is 41.5 Å². The van der Waals surface area contributed by atoms with Gasteiger partial charge in [-0.15, -0.1) is 0 Å². The molecule has 2 N–H and O–H groups in total. The van der Waals surface area contributed by atoms with Gasteiger partial charge in [0, 0.05) is 37.4 Å². The Hall–Kier alpha value is -2.40. The summed E-state index contributed by atoms with van der Waals surface area (Å²) in [7, 11) is 0. The fraction of sp³-hybridized carbons (Fsp3) is 0.455. The number of H-pyrrole nitrogens is 1. The Labute approximate surface area is 160 Å². The number of rotatable bonds is 6. The number of carbonyl (C=O) groups excluding carboxylic acids is 1. The Morgan fingerprint density at radius 1 is 1.15 bits per heavy atom. The molecule has 1 aliphatic rings. The number of carbonyl (C=O) groups is 1. The van der Waals surface area contributed by atoms with E-state index >= 15 is 0 Å². The Balaban J connectivity index is 1.50. The predicted octanol–water partition coefficient (Wildman–Crippen LogP) is 2.94. The van der Waals surface area contributed by atoms with Crippen molar-refractivity contribution in [2.24, 2.45) is 0 Å². The fourth-order valence-corrected chi connectivity index (χ4v) is 3.64. The average Bonchev–Trinajstić information content (AvgIpc) is 2.68. The Bertz CT molecular complexity index is 806. The number of aromatic amines is 1. The molecule has 1 aliphatic heterocycles. The quantitative estimate of drug-likeness (QED) is 0.825. The van der Waals surface area contributed by atoms with Gasteiger partial charge in [-0.25, -0.2) is 0 Å². The summed E-state index contributed by atoms with van der Waals surface area (Å²) < 4.78 is 0. The third-order valence-corrected chi connectivity index (χ3v) is 5.25. The highest BCUT2D eigenvalue weighted by molar-refractivity contribution is 5.95. The third-order valence-electron chi connectivity index (χ3n) is 5.25. The van der Waals surface area contributed by atoms with Crippen molar-refractivity contribution in [3.05, 3.63) is 69.6 Å². The van der Waals surface area contributed by atoms with E-state index < -0.39 is 0 Å². The lowest BCUT2D eigenvalue weighted by Gasteiger charge is -2.32. The van der Waals surface area contributed by atoms with Gasteiger partial charge in [-0.1, -0.05) is 44.2 Å². The zero-order valence-corrected chi connectivity index (χ0v) is 16.2. The van der Waals surface area contributed by atoms with Crippen LogP contribution in [0.4, 0.5) is 0 Å². The van der Waals surface area contributed by atoms with Crippen molar-refractivity contribution >= 4 is 5.91 Å². The number of nitrogens with zero attached hydrogens (tertiary/aromatic N) is 1. The van der Waals surface area contributed by atoms with Gasteiger partial charge in [0.25, 0.3) is 5.91 Å². The topological polar surface area (TPSA) is 65.2 Å². The van der Waals surface area contributed by atoms with Gasteiger partial charge in [0.2, 0.25) is 5.56 Å². The molecule has 2 aromatic rings. The Kier molecular flexibility index (Phi) is 6.45. The van der Waals surface area contributed by atoms with Crippen LogP contribution in [0.15, 0.2) is 47.3 Å². The zero-order valence-electron chi connectivity index (χ0n) is 16.2. The van der Waals surface area contributed by atoms with Gasteiger partial charge in [0.1, 0.15) is 0 Å². The smallest absolute Gasteiger partial charge is 0.253 e. The van der Waals surface area contributed by atoms with Gasteiger partial charge in [-0.2, -0.15) is 0 Å². The summed E-state index contributed by atoms with van der Waals surface area (Å²) in [6.45, 7) is 7.02. The molecule has 1 aromatic carbocycles. The molecule has 1 amide bonds. The number of benzene rings is 1. The van der Waals surface area contributed by atoms with Crippen molar-refractivity contribution in [3.8, 4) is 0 Å². The first-order valence-electron chi connectivity index (χ1n) is 9.83. The van der Waals surface area contributed by atoms with Crippen LogP contribution < -0.4 is 10.9 Å². The lowest BCUT2D eigenvalue weighted by atomic mass is 10.0. The molecule has 0 atom stereocenters. The summed E-state index contributed by atoms with van der Waals surface area (Å²) in [5.41, 5.74) is 2.49. The SMILES string of the molecule is CC(C)c1[nH]c(=O)ccc1C(=O)NC1CCN(CCc2ccccc2)CC1. The molecule has 1 aromatic heterocycles. The summed E-state index contributed by atoms with van der Waals surface area (Å²) in [5, 5.41) is 3.16. The minimum absolute atomic E-state index is 0.0855. The summed E-state index contributed by atoms with van der Waals surface area (Å²) in [6, 6.07) is 13.8. The zero-order chi connectivity index (χ0) is 19.2. The number of hydrogen-bond acceptors (Lipinski definition) is 3. The standard InChI is InChI=1S/C22H29N3O2/c1-16(2)21-19(8-9-20(26)24-21)22(27)23-18-11-14-25(15-12-18)13-10-17-6-4-3-5-7-17/h3-9,16,18H,10-15H2,1-2H3,(H,23,27)(H,24,26). The van der Waals surface area contributed by atoms with Crippen LogP contribution in [0, 0.1) is 0 Å². The van der Waals surface area contributed by atoms with E-state index in [0.29, 0.717) is 11.3 Å². The average molecular weight is 367 g/mol. The number of likely N-dealkylation sites (tertiary alicyclic amines) is 1. The van der Waals surface area contributed by atoms with E-state index in [0.717, 1.165) is 38.9 Å². The molecule has 0 saturated carbocycles. The van der Waals surface area contributed by atoms with Crippen LogP contribution in [0.1, 0.15) is 54.2 Å². The van der Waals surface area contributed by atoms with Crippen molar-refractivity contribution in [3.63, 3.8) is 0 Å². The van der Waals surface area contributed by atoms with Gasteiger partial charge < -0.3 is 15.2 Å². The lowest BCUT2D eigenvalue weighted by Crippen LogP contribution is -2.45. The van der Waals surface area contributed by atoms with Gasteiger partial charge in [0.15, 0.2) is 0 Å². The highest BCUT2D eigenvalue weighted by Gasteiger charge is 2.22. The van der Waals surface area contributed by atoms with Crippen LogP contribution in [0.25, 0.3) is 0 Å². The Morgan fingerprint density at radius 3 is 2.52 bits per heavy atom. The van der Waals surface area contributed by atoms with Crippen LogP contribution in [-0.2, 0) is 6.42 Å². The molecule has 144 valence electrons. The van der Waals surface area contributed by atoms with Gasteiger partial charge in [-0.05, 0) is 36.8 Å². The van der Waals surface area contributed by atoms with Gasteiger partial charge >= 0.3 is 0 Å². The van der Waals surface area contributed by atoms with Crippen LogP contribution in [0.5, 0.6) is 0 Å². The molecule has 0 spiro atoms. The van der Waals surface area contributed by atoms with Crippen LogP contribution in [0.2, 0.25) is 0 Å². The Morgan fingerprint density at radius 2 is 1.85 bits per heavy atom. The van der Waals surface area contributed by atoms with E-state index in [9.17, 15) is 9.59 Å². The van der Waals surface area contributed by atoms with Crippen molar-refractivity contribution in [1.82, 2.24) is 15.2 Å². The number of piperidine rings is 1. The van der Waals surface area contributed by atoms with E-state index in [1.165, 1.54) is 11.6 Å². The molecule has 5 heteroatoms. The molecule has 3 rings (SSSR count). The van der Waals surface area contributed by atoms with E-state index in [1.54, 1.807) is 6.07 Å².